The third-order valence-electron chi connectivity index (χ3n) is 5.02. The van der Waals surface area contributed by atoms with Gasteiger partial charge in [0.25, 0.3) is 0 Å². The van der Waals surface area contributed by atoms with Crippen LogP contribution < -0.4 is 10.2 Å². The van der Waals surface area contributed by atoms with Gasteiger partial charge in [-0.05, 0) is 31.9 Å². The minimum absolute atomic E-state index is 0.0567. The van der Waals surface area contributed by atoms with Crippen molar-refractivity contribution < 1.29 is 4.79 Å². The molecule has 5 nitrogen and oxygen atoms in total. The average molecular weight is 337 g/mol. The van der Waals surface area contributed by atoms with Crippen molar-refractivity contribution in [3.05, 3.63) is 23.5 Å². The lowest BCUT2D eigenvalue weighted by molar-refractivity contribution is -0.126. The zero-order chi connectivity index (χ0) is 16.2. The van der Waals surface area contributed by atoms with Crippen molar-refractivity contribution >= 4 is 23.2 Å². The maximum absolute atomic E-state index is 12.4. The molecule has 1 saturated heterocycles. The number of carbonyl (C=O) groups excluding carboxylic acids is 1. The zero-order valence-electron chi connectivity index (χ0n) is 13.7. The van der Waals surface area contributed by atoms with E-state index in [0.29, 0.717) is 11.2 Å². The van der Waals surface area contributed by atoms with Crippen LogP contribution in [0.2, 0.25) is 5.15 Å². The van der Waals surface area contributed by atoms with Crippen molar-refractivity contribution in [1.82, 2.24) is 15.2 Å². The van der Waals surface area contributed by atoms with Gasteiger partial charge < -0.3 is 10.2 Å². The SMILES string of the molecule is CC(C(=O)NC1CCCC1)N1CCN(c2ccnc(Cl)c2)CC1. The number of halogens is 1. The summed E-state index contributed by atoms with van der Waals surface area (Å²) < 4.78 is 0. The van der Waals surface area contributed by atoms with E-state index in [4.69, 9.17) is 11.6 Å². The Morgan fingerprint density at radius 3 is 2.65 bits per heavy atom. The van der Waals surface area contributed by atoms with E-state index in [2.05, 4.69) is 20.1 Å². The summed E-state index contributed by atoms with van der Waals surface area (Å²) in [5.41, 5.74) is 1.10. The van der Waals surface area contributed by atoms with Crippen molar-refractivity contribution in [3.63, 3.8) is 0 Å². The Hall–Kier alpha value is -1.33. The van der Waals surface area contributed by atoms with Gasteiger partial charge in [0.2, 0.25) is 5.91 Å². The Labute approximate surface area is 143 Å². The van der Waals surface area contributed by atoms with Crippen LogP contribution in [0.3, 0.4) is 0 Å². The van der Waals surface area contributed by atoms with Crippen LogP contribution in [0, 0.1) is 0 Å². The highest BCUT2D eigenvalue weighted by atomic mass is 35.5. The number of pyridine rings is 1. The van der Waals surface area contributed by atoms with Gasteiger partial charge in [0.1, 0.15) is 5.15 Å². The fourth-order valence-corrected chi connectivity index (χ4v) is 3.68. The molecule has 1 unspecified atom stereocenters. The zero-order valence-corrected chi connectivity index (χ0v) is 14.4. The van der Waals surface area contributed by atoms with Crippen LogP contribution in [-0.4, -0.2) is 54.1 Å². The maximum Gasteiger partial charge on any atom is 0.237 e. The highest BCUT2D eigenvalue weighted by Gasteiger charge is 2.27. The molecule has 1 aliphatic carbocycles. The Morgan fingerprint density at radius 1 is 1.30 bits per heavy atom. The maximum atomic E-state index is 12.4. The standard InChI is InChI=1S/C17H25ClN4O/c1-13(17(23)20-14-4-2-3-5-14)21-8-10-22(11-9-21)15-6-7-19-16(18)12-15/h6-7,12-14H,2-5,8-11H2,1H3,(H,20,23). The molecular weight excluding hydrogens is 312 g/mol. The monoisotopic (exact) mass is 336 g/mol. The van der Waals surface area contributed by atoms with E-state index in [1.54, 1.807) is 6.20 Å². The Morgan fingerprint density at radius 2 is 2.00 bits per heavy atom. The third kappa shape index (κ3) is 4.15. The van der Waals surface area contributed by atoms with Crippen molar-refractivity contribution in [2.24, 2.45) is 0 Å². The fraction of sp³-hybridized carbons (Fsp3) is 0.647. The number of rotatable bonds is 4. The Balaban J connectivity index is 1.50. The molecule has 2 aliphatic rings. The number of hydrogen-bond donors (Lipinski definition) is 1. The van der Waals surface area contributed by atoms with E-state index in [0.717, 1.165) is 44.7 Å². The average Bonchev–Trinajstić information content (AvgIpc) is 3.07. The van der Waals surface area contributed by atoms with Crippen LogP contribution in [0.1, 0.15) is 32.6 Å². The summed E-state index contributed by atoms with van der Waals surface area (Å²) in [6.07, 6.45) is 6.49. The summed E-state index contributed by atoms with van der Waals surface area (Å²) in [5, 5.41) is 3.73. The predicted octanol–water partition coefficient (Wildman–Crippen LogP) is 2.30. The van der Waals surface area contributed by atoms with E-state index >= 15 is 0 Å². The topological polar surface area (TPSA) is 48.5 Å². The number of carbonyl (C=O) groups is 1. The molecular formula is C17H25ClN4O. The summed E-state index contributed by atoms with van der Waals surface area (Å²) >= 11 is 5.96. The molecule has 1 amide bonds. The smallest absolute Gasteiger partial charge is 0.237 e. The molecule has 23 heavy (non-hydrogen) atoms. The van der Waals surface area contributed by atoms with Crippen molar-refractivity contribution in [1.29, 1.82) is 0 Å². The molecule has 3 rings (SSSR count). The first-order valence-electron chi connectivity index (χ1n) is 8.54. The second kappa shape index (κ2) is 7.49. The third-order valence-corrected chi connectivity index (χ3v) is 5.22. The van der Waals surface area contributed by atoms with Crippen LogP contribution in [0.15, 0.2) is 18.3 Å². The van der Waals surface area contributed by atoms with E-state index < -0.39 is 0 Å². The summed E-state index contributed by atoms with van der Waals surface area (Å²) in [5.74, 6) is 0.178. The number of anilines is 1. The molecule has 2 fully saturated rings. The van der Waals surface area contributed by atoms with Gasteiger partial charge in [0.05, 0.1) is 6.04 Å². The first-order chi connectivity index (χ1) is 11.1. The first-order valence-corrected chi connectivity index (χ1v) is 8.92. The first kappa shape index (κ1) is 16.5. The highest BCUT2D eigenvalue weighted by molar-refractivity contribution is 6.29. The minimum Gasteiger partial charge on any atom is -0.369 e. The van der Waals surface area contributed by atoms with Crippen LogP contribution >= 0.6 is 11.6 Å². The number of piperazine rings is 1. The quantitative estimate of drug-likeness (QED) is 0.857. The van der Waals surface area contributed by atoms with Gasteiger partial charge in [-0.2, -0.15) is 0 Å². The lowest BCUT2D eigenvalue weighted by Crippen LogP contribution is -2.54. The summed E-state index contributed by atoms with van der Waals surface area (Å²) in [6.45, 7) is 5.60. The second-order valence-electron chi connectivity index (χ2n) is 6.53. The highest BCUT2D eigenvalue weighted by Crippen LogP contribution is 2.20. The number of hydrogen-bond acceptors (Lipinski definition) is 4. The van der Waals surface area contributed by atoms with Gasteiger partial charge in [-0.25, -0.2) is 4.98 Å². The summed E-state index contributed by atoms with van der Waals surface area (Å²) in [6, 6.07) is 4.22. The van der Waals surface area contributed by atoms with Gasteiger partial charge in [-0.1, -0.05) is 24.4 Å². The summed E-state index contributed by atoms with van der Waals surface area (Å²) in [7, 11) is 0. The molecule has 0 spiro atoms. The number of nitrogens with one attached hydrogen (secondary N) is 1. The van der Waals surface area contributed by atoms with Gasteiger partial charge >= 0.3 is 0 Å². The minimum atomic E-state index is -0.0567. The molecule has 0 bridgehead atoms. The van der Waals surface area contributed by atoms with Crippen molar-refractivity contribution in [2.45, 2.75) is 44.7 Å². The summed E-state index contributed by atoms with van der Waals surface area (Å²) in [4.78, 5) is 21.0. The molecule has 1 aliphatic heterocycles. The van der Waals surface area contributed by atoms with Crippen molar-refractivity contribution in [2.75, 3.05) is 31.1 Å². The van der Waals surface area contributed by atoms with E-state index in [9.17, 15) is 4.79 Å². The molecule has 6 heteroatoms. The molecule has 0 radical (unpaired) electrons. The molecule has 1 atom stereocenters. The molecule has 2 heterocycles. The fourth-order valence-electron chi connectivity index (χ4n) is 3.51. The van der Waals surface area contributed by atoms with E-state index in [1.165, 1.54) is 12.8 Å². The van der Waals surface area contributed by atoms with Gasteiger partial charge in [0, 0.05) is 44.1 Å². The number of nitrogens with zero attached hydrogens (tertiary/aromatic N) is 3. The van der Waals surface area contributed by atoms with Crippen LogP contribution in [0.25, 0.3) is 0 Å². The van der Waals surface area contributed by atoms with Crippen LogP contribution in [0.4, 0.5) is 5.69 Å². The normalized spacial score (nSPS) is 21.4. The van der Waals surface area contributed by atoms with E-state index in [1.807, 2.05) is 19.1 Å². The Kier molecular flexibility index (Phi) is 5.38. The van der Waals surface area contributed by atoms with E-state index in [-0.39, 0.29) is 11.9 Å². The second-order valence-corrected chi connectivity index (χ2v) is 6.91. The van der Waals surface area contributed by atoms with Crippen LogP contribution in [-0.2, 0) is 4.79 Å². The lowest BCUT2D eigenvalue weighted by Gasteiger charge is -2.38. The Bertz CT molecular complexity index is 539. The lowest BCUT2D eigenvalue weighted by atomic mass is 10.1. The number of amides is 1. The molecule has 1 N–H and O–H groups in total. The van der Waals surface area contributed by atoms with Gasteiger partial charge in [-0.15, -0.1) is 0 Å². The largest absolute Gasteiger partial charge is 0.369 e. The van der Waals surface area contributed by atoms with Gasteiger partial charge in [-0.3, -0.25) is 9.69 Å². The van der Waals surface area contributed by atoms with Gasteiger partial charge in [0.15, 0.2) is 0 Å². The molecule has 1 aromatic heterocycles. The number of aromatic nitrogens is 1. The molecule has 0 aromatic carbocycles. The van der Waals surface area contributed by atoms with Crippen molar-refractivity contribution in [3.8, 4) is 0 Å². The molecule has 1 saturated carbocycles. The molecule has 126 valence electrons. The van der Waals surface area contributed by atoms with Crippen LogP contribution in [0.5, 0.6) is 0 Å². The molecule has 1 aromatic rings. The predicted molar refractivity (Wildman–Crippen MR) is 92.9 cm³/mol.